The van der Waals surface area contributed by atoms with E-state index in [0.29, 0.717) is 96.9 Å². The first-order valence-corrected chi connectivity index (χ1v) is 49.6. The van der Waals surface area contributed by atoms with Crippen LogP contribution >= 0.6 is 12.2 Å². The number of rotatable bonds is 39. The predicted molar refractivity (Wildman–Crippen MR) is 468 cm³/mol. The van der Waals surface area contributed by atoms with Crippen LogP contribution in [-0.2, 0) is 99.7 Å². The molecule has 24 saturated carbocycles. The molecule has 0 atom stereocenters. The van der Waals surface area contributed by atoms with E-state index in [1.165, 1.54) is 123 Å². The molecule has 24 aliphatic carbocycles. The first-order valence-electron chi connectivity index (χ1n) is 48.9. The number of nitrogens with zero attached hydrogens (tertiary/aromatic N) is 1. The van der Waals surface area contributed by atoms with Crippen LogP contribution in [0, 0.1) is 107 Å². The standard InChI is InChI=1S/C34H46O8.C34H50O6.C18H27NO3.C15H23NO4S/c1-21(31(37)41-33-13-23-7-24(14-33)9-25(8-23)15-33)19-39-29(35)5-3-4-6-30(36)40-20-22(2)32(38)42-34-16-26-10-27(17-34)12-28(11-26)18-34;1-23(31(35)39-33-15-25-9-26(16-33)11-27(10-25)17-33)21-37-7-5-3-4-6-8-38-22-24(2)32(36)40-34-18-28-12-29(19-34)14-30(13-28)20-34;1-13(12-19-2-4-21-5-3-19)17(20)22-18-9-14-6-15(10-18)8-16(7-14)11-18;1-10(9-16-21-20-18-2)14(17)19-15-6-11-3-12(7-15)5-13(4-11)8-15/h23-28H,1-20H2;25-30H,1-22H2;14-16H,1-12H2;11-13,16H,1,3-9H2,2H3. The molecule has 0 amide bonds. The molecule has 25 fully saturated rings. The third-order valence-electron chi connectivity index (χ3n) is 33.2. The number of hydrogen-bond donors (Lipinski definition) is 1. The fraction of sp³-hybridized carbons (Fsp3) is 0.802. The normalized spacial score (nSPS) is 38.0. The van der Waals surface area contributed by atoms with E-state index < -0.39 is 23.9 Å². The van der Waals surface area contributed by atoms with Crippen molar-refractivity contribution in [3.8, 4) is 0 Å². The number of morpholine rings is 1. The van der Waals surface area contributed by atoms with Gasteiger partial charge in [-0.25, -0.2) is 38.4 Å². The minimum Gasteiger partial charge on any atom is -0.461 e. The maximum Gasteiger partial charge on any atom is 0.337 e. The van der Waals surface area contributed by atoms with Crippen LogP contribution in [0.5, 0.6) is 0 Å². The number of carbonyl (C=O) groups excluding carboxylic acids is 8. The molecular weight excluding hydrogens is 1610 g/mol. The second-order valence-electron chi connectivity index (χ2n) is 44.1. The largest absolute Gasteiger partial charge is 0.461 e. The van der Waals surface area contributed by atoms with Gasteiger partial charge in [-0.05, 0) is 363 Å². The fourth-order valence-electron chi connectivity index (χ4n) is 30.3. The van der Waals surface area contributed by atoms with Crippen molar-refractivity contribution >= 4 is 60.0 Å². The highest BCUT2D eigenvalue weighted by molar-refractivity contribution is 7.92. The van der Waals surface area contributed by atoms with Gasteiger partial charge >= 0.3 is 47.8 Å². The molecule has 0 radical (unpaired) electrons. The van der Waals surface area contributed by atoms with Gasteiger partial charge in [0.2, 0.25) is 0 Å². The quantitative estimate of drug-likeness (QED) is 0.00875. The molecule has 1 aliphatic heterocycles. The average Bonchev–Trinajstić information content (AvgIpc) is 0.780. The Morgan fingerprint density at radius 2 is 0.552 bits per heavy atom. The third-order valence-corrected chi connectivity index (χ3v) is 33.6. The molecule has 0 unspecified atom stereocenters. The maximum absolute atomic E-state index is 12.7. The zero-order valence-electron chi connectivity index (χ0n) is 75.2. The maximum atomic E-state index is 12.7. The first-order chi connectivity index (χ1) is 60.1. The topological polar surface area (TPSA) is 272 Å². The molecule has 1 N–H and O–H groups in total. The Hall–Kier alpha value is -5.73. The predicted octanol–water partition coefficient (Wildman–Crippen LogP) is 17.7. The van der Waals surface area contributed by atoms with Gasteiger partial charge in [0.15, 0.2) is 0 Å². The summed E-state index contributed by atoms with van der Waals surface area (Å²) in [7, 11) is 1.42. The average molecular weight is 1760 g/mol. The molecule has 24 heteroatoms. The lowest BCUT2D eigenvalue weighted by molar-refractivity contribution is -0.184. The van der Waals surface area contributed by atoms with E-state index in [1.807, 2.05) is 0 Å². The second kappa shape index (κ2) is 40.6. The Kier molecular flexibility index (Phi) is 30.0. The molecule has 25 aliphatic rings. The van der Waals surface area contributed by atoms with Crippen LogP contribution in [0.1, 0.15) is 283 Å². The van der Waals surface area contributed by atoms with Crippen molar-refractivity contribution in [2.45, 2.75) is 316 Å². The van der Waals surface area contributed by atoms with E-state index in [0.717, 1.165) is 251 Å². The minimum absolute atomic E-state index is 0.120. The van der Waals surface area contributed by atoms with Crippen molar-refractivity contribution < 1.29 is 99.7 Å². The number of ether oxygens (including phenoxy) is 11. The smallest absolute Gasteiger partial charge is 0.337 e. The van der Waals surface area contributed by atoms with Crippen molar-refractivity contribution in [3.63, 3.8) is 0 Å². The molecular formula is C101H146N2O21S. The van der Waals surface area contributed by atoms with E-state index in [9.17, 15) is 38.4 Å². The van der Waals surface area contributed by atoms with Gasteiger partial charge in [-0.3, -0.25) is 14.5 Å². The Bertz CT molecular complexity index is 3590. The molecule has 1 saturated heterocycles. The lowest BCUT2D eigenvalue weighted by atomic mass is 9.54. The van der Waals surface area contributed by atoms with Crippen molar-refractivity contribution in [1.82, 2.24) is 9.62 Å². The van der Waals surface area contributed by atoms with Crippen LogP contribution in [0.15, 0.2) is 72.9 Å². The zero-order chi connectivity index (χ0) is 87.3. The second-order valence-corrected chi connectivity index (χ2v) is 44.7. The summed E-state index contributed by atoms with van der Waals surface area (Å²) in [4.78, 5) is 107. The van der Waals surface area contributed by atoms with Crippen LogP contribution in [0.25, 0.3) is 0 Å². The molecule has 0 spiro atoms. The van der Waals surface area contributed by atoms with Gasteiger partial charge in [-0.1, -0.05) is 52.3 Å². The lowest BCUT2D eigenvalue weighted by Gasteiger charge is -2.55. The summed E-state index contributed by atoms with van der Waals surface area (Å²) in [5, 5.41) is 0. The van der Waals surface area contributed by atoms with Crippen molar-refractivity contribution in [2.75, 3.05) is 86.1 Å². The molecule has 24 bridgehead atoms. The molecule has 692 valence electrons. The highest BCUT2D eigenvalue weighted by Crippen LogP contribution is 2.63. The van der Waals surface area contributed by atoms with Gasteiger partial charge in [0, 0.05) is 63.4 Å². The number of unbranched alkanes of at least 4 members (excludes halogenated alkanes) is 4. The molecule has 125 heavy (non-hydrogen) atoms. The highest BCUT2D eigenvalue weighted by Gasteiger charge is 2.60. The van der Waals surface area contributed by atoms with Crippen LogP contribution in [-0.4, -0.2) is 172 Å². The van der Waals surface area contributed by atoms with Crippen molar-refractivity contribution in [3.05, 3.63) is 72.9 Å². The van der Waals surface area contributed by atoms with Gasteiger partial charge < -0.3 is 52.1 Å². The van der Waals surface area contributed by atoms with E-state index in [2.05, 4.69) is 58.3 Å². The molecule has 0 aromatic heterocycles. The van der Waals surface area contributed by atoms with Gasteiger partial charge in [-0.2, -0.15) is 0 Å². The fourth-order valence-corrected chi connectivity index (χ4v) is 30.6. The van der Waals surface area contributed by atoms with Crippen LogP contribution in [0.3, 0.4) is 0 Å². The van der Waals surface area contributed by atoms with Gasteiger partial charge in [0.1, 0.15) is 59.0 Å². The Balaban J connectivity index is 0.000000128. The van der Waals surface area contributed by atoms with Crippen molar-refractivity contribution in [1.29, 1.82) is 0 Å². The Morgan fingerprint density at radius 1 is 0.320 bits per heavy atom. The van der Waals surface area contributed by atoms with E-state index in [4.69, 9.17) is 52.1 Å². The summed E-state index contributed by atoms with van der Waals surface area (Å²) in [6.07, 6.45) is 47.1. The van der Waals surface area contributed by atoms with Gasteiger partial charge in [-0.15, -0.1) is 4.33 Å². The summed E-state index contributed by atoms with van der Waals surface area (Å²) in [5.74, 6) is 10.4. The number of esters is 8. The summed E-state index contributed by atoms with van der Waals surface area (Å²) in [6.45, 7) is 28.8. The Morgan fingerprint density at radius 3 is 0.800 bits per heavy atom. The van der Waals surface area contributed by atoms with Crippen LogP contribution < -0.4 is 4.72 Å². The number of carbonyl (C=O) groups is 8. The first kappa shape index (κ1) is 92.5. The summed E-state index contributed by atoms with van der Waals surface area (Å²) in [5.41, 5.74) is 0.714. The van der Waals surface area contributed by atoms with E-state index >= 15 is 0 Å². The van der Waals surface area contributed by atoms with Crippen molar-refractivity contribution in [2.24, 2.45) is 107 Å². The number of hydrogen-bond acceptors (Lipinski definition) is 24. The SMILES string of the molecule is C=C(CN1CCOCC1)C(=O)OC12CC3CC(CC(C3)C1)C2.C=C(CNSOOC)C(=O)OC12CC3CC(CC(C3)C1)C2.C=C(COC(=O)CCCCC(=O)OCC(=C)C(=O)OC12CC3CC(CC(C3)C1)C2)C(=O)OC12CC3CC(CC(C3)C1)C2.C=C(COCCCCCCOCC(=C)C(=O)OC12CC3CC(CC(C3)C1)C2)C(=O)OC12CC3CC(CC(C3)C1)C2. The molecule has 0 aromatic rings. The monoisotopic (exact) mass is 1760 g/mol. The van der Waals surface area contributed by atoms with Crippen LogP contribution in [0.2, 0.25) is 0 Å². The third kappa shape index (κ3) is 24.0. The summed E-state index contributed by atoms with van der Waals surface area (Å²) in [6, 6.07) is 0. The van der Waals surface area contributed by atoms with Crippen LogP contribution in [0.4, 0.5) is 0 Å². The zero-order valence-corrected chi connectivity index (χ0v) is 76.0. The summed E-state index contributed by atoms with van der Waals surface area (Å²) < 4.78 is 70.8. The molecule has 25 rings (SSSR count). The Labute approximate surface area is 746 Å². The van der Waals surface area contributed by atoms with Gasteiger partial charge in [0.05, 0.1) is 55.8 Å². The van der Waals surface area contributed by atoms with E-state index in [1.54, 1.807) is 0 Å². The molecule has 0 aromatic carbocycles. The minimum atomic E-state index is -0.462. The molecule has 1 heterocycles. The molecule has 23 nitrogen and oxygen atoms in total. The highest BCUT2D eigenvalue weighted by atomic mass is 32.2. The van der Waals surface area contributed by atoms with Gasteiger partial charge in [0.25, 0.3) is 0 Å². The van der Waals surface area contributed by atoms with E-state index in [-0.39, 0.29) is 108 Å². The summed E-state index contributed by atoms with van der Waals surface area (Å²) >= 11 is 0.928. The number of nitrogens with one attached hydrogen (secondary N) is 1. The lowest BCUT2D eigenvalue weighted by Crippen LogP contribution is -2.53.